The minimum absolute atomic E-state index is 0.201. The van der Waals surface area contributed by atoms with Crippen molar-refractivity contribution in [1.82, 2.24) is 0 Å². The maximum Gasteiger partial charge on any atom is 0.203 e. The summed E-state index contributed by atoms with van der Waals surface area (Å²) in [6, 6.07) is 3.19. The molecule has 0 atom stereocenters. The first-order chi connectivity index (χ1) is 9.17. The maximum atomic E-state index is 11.9. The van der Waals surface area contributed by atoms with E-state index >= 15 is 0 Å². The summed E-state index contributed by atoms with van der Waals surface area (Å²) in [6.07, 6.45) is 2.72. The Bertz CT molecular complexity index is 440. The van der Waals surface area contributed by atoms with Gasteiger partial charge in [-0.2, -0.15) is 0 Å². The molecule has 0 radical (unpaired) electrons. The number of hydrogen-bond acceptors (Lipinski definition) is 5. The lowest BCUT2D eigenvalue weighted by atomic mass is 10.1. The largest absolute Gasteiger partial charge is 0.501 e. The Hall–Kier alpha value is -2.17. The minimum atomic E-state index is -0.201. The molecule has 0 N–H and O–H groups in total. The van der Waals surface area contributed by atoms with Gasteiger partial charge in [-0.1, -0.05) is 0 Å². The monoisotopic (exact) mass is 266 g/mol. The van der Waals surface area contributed by atoms with Gasteiger partial charge in [0.2, 0.25) is 5.75 Å². The van der Waals surface area contributed by atoms with Crippen LogP contribution in [0, 0.1) is 0 Å². The molecule has 0 spiro atoms. The molecule has 0 amide bonds. The van der Waals surface area contributed by atoms with Gasteiger partial charge in [0.05, 0.1) is 34.2 Å². The van der Waals surface area contributed by atoms with E-state index in [1.54, 1.807) is 12.1 Å². The van der Waals surface area contributed by atoms with Crippen LogP contribution in [0.15, 0.2) is 24.5 Å². The molecule has 0 aliphatic rings. The zero-order valence-corrected chi connectivity index (χ0v) is 11.6. The van der Waals surface area contributed by atoms with E-state index in [-0.39, 0.29) is 5.78 Å². The van der Waals surface area contributed by atoms with Crippen molar-refractivity contribution in [2.75, 3.05) is 27.9 Å². The van der Waals surface area contributed by atoms with Gasteiger partial charge in [0, 0.05) is 11.6 Å². The fraction of sp³-hybridized carbons (Fsp3) is 0.357. The highest BCUT2D eigenvalue weighted by Crippen LogP contribution is 2.38. The normalized spacial score (nSPS) is 10.3. The number of rotatable bonds is 7. The SMILES string of the molecule is CCOC=CC(=O)c1cc(OC)c(OC)c(OC)c1. The Morgan fingerprint density at radius 3 is 2.11 bits per heavy atom. The van der Waals surface area contributed by atoms with Crippen LogP contribution in [0.4, 0.5) is 0 Å². The van der Waals surface area contributed by atoms with E-state index in [1.807, 2.05) is 6.92 Å². The molecule has 0 bridgehead atoms. The highest BCUT2D eigenvalue weighted by molar-refractivity contribution is 6.05. The standard InChI is InChI=1S/C14H18O5/c1-5-19-7-6-11(15)10-8-12(16-2)14(18-4)13(9-10)17-3/h6-9H,5H2,1-4H3. The first kappa shape index (κ1) is 14.9. The average molecular weight is 266 g/mol. The molecule has 1 rings (SSSR count). The number of carbonyl (C=O) groups excluding carboxylic acids is 1. The minimum Gasteiger partial charge on any atom is -0.501 e. The van der Waals surface area contributed by atoms with Crippen LogP contribution in [0.5, 0.6) is 17.2 Å². The van der Waals surface area contributed by atoms with Crippen LogP contribution >= 0.6 is 0 Å². The van der Waals surface area contributed by atoms with Crippen molar-refractivity contribution in [2.24, 2.45) is 0 Å². The lowest BCUT2D eigenvalue weighted by molar-refractivity contribution is 0.104. The summed E-state index contributed by atoms with van der Waals surface area (Å²) in [5, 5.41) is 0. The van der Waals surface area contributed by atoms with Crippen molar-refractivity contribution in [3.63, 3.8) is 0 Å². The van der Waals surface area contributed by atoms with Crippen LogP contribution in [0.2, 0.25) is 0 Å². The van der Waals surface area contributed by atoms with Crippen molar-refractivity contribution in [1.29, 1.82) is 0 Å². The number of ketones is 1. The topological polar surface area (TPSA) is 54.0 Å². The molecule has 5 nitrogen and oxygen atoms in total. The number of carbonyl (C=O) groups is 1. The van der Waals surface area contributed by atoms with Gasteiger partial charge in [-0.25, -0.2) is 0 Å². The van der Waals surface area contributed by atoms with Gasteiger partial charge >= 0.3 is 0 Å². The summed E-state index contributed by atoms with van der Waals surface area (Å²) in [6.45, 7) is 2.35. The molecule has 5 heteroatoms. The van der Waals surface area contributed by atoms with Crippen molar-refractivity contribution in [3.05, 3.63) is 30.0 Å². The molecule has 0 saturated carbocycles. The van der Waals surface area contributed by atoms with Crippen molar-refractivity contribution in [2.45, 2.75) is 6.92 Å². The molecule has 0 saturated heterocycles. The third kappa shape index (κ3) is 3.64. The van der Waals surface area contributed by atoms with Crippen molar-refractivity contribution in [3.8, 4) is 17.2 Å². The molecule has 0 aliphatic heterocycles. The Balaban J connectivity index is 3.12. The predicted octanol–water partition coefficient (Wildman–Crippen LogP) is 2.45. The third-order valence-electron chi connectivity index (χ3n) is 2.43. The summed E-state index contributed by atoms with van der Waals surface area (Å²) in [7, 11) is 4.51. The second-order valence-corrected chi connectivity index (χ2v) is 3.54. The summed E-state index contributed by atoms with van der Waals surface area (Å²) in [5.74, 6) is 1.13. The van der Waals surface area contributed by atoms with E-state index in [9.17, 15) is 4.79 Å². The molecule has 0 heterocycles. The van der Waals surface area contributed by atoms with Crippen LogP contribution in [-0.4, -0.2) is 33.7 Å². The van der Waals surface area contributed by atoms with Gasteiger partial charge in [0.25, 0.3) is 0 Å². The molecule has 0 aromatic heterocycles. The van der Waals surface area contributed by atoms with Crippen LogP contribution in [0.25, 0.3) is 0 Å². The zero-order valence-electron chi connectivity index (χ0n) is 11.6. The zero-order chi connectivity index (χ0) is 14.3. The third-order valence-corrected chi connectivity index (χ3v) is 2.43. The van der Waals surface area contributed by atoms with E-state index < -0.39 is 0 Å². The Kier molecular flexibility index (Phi) is 5.73. The van der Waals surface area contributed by atoms with Gasteiger partial charge in [-0.3, -0.25) is 4.79 Å². The second kappa shape index (κ2) is 7.31. The summed E-state index contributed by atoms with van der Waals surface area (Å²) < 4.78 is 20.5. The number of ether oxygens (including phenoxy) is 4. The van der Waals surface area contributed by atoms with Crippen LogP contribution < -0.4 is 14.2 Å². The highest BCUT2D eigenvalue weighted by atomic mass is 16.5. The first-order valence-electron chi connectivity index (χ1n) is 5.80. The number of hydrogen-bond donors (Lipinski definition) is 0. The van der Waals surface area contributed by atoms with Gasteiger partial charge in [-0.15, -0.1) is 0 Å². The molecule has 0 unspecified atom stereocenters. The number of benzene rings is 1. The lowest BCUT2D eigenvalue weighted by Crippen LogP contribution is -2.00. The van der Waals surface area contributed by atoms with Crippen molar-refractivity contribution < 1.29 is 23.7 Å². The molecule has 104 valence electrons. The fourth-order valence-corrected chi connectivity index (χ4v) is 1.53. The Morgan fingerprint density at radius 2 is 1.68 bits per heavy atom. The van der Waals surface area contributed by atoms with Crippen molar-refractivity contribution >= 4 is 5.78 Å². The molecule has 1 aromatic carbocycles. The van der Waals surface area contributed by atoms with Gasteiger partial charge in [-0.05, 0) is 19.1 Å². The molecule has 0 aliphatic carbocycles. The lowest BCUT2D eigenvalue weighted by Gasteiger charge is -2.13. The van der Waals surface area contributed by atoms with Crippen LogP contribution in [-0.2, 0) is 4.74 Å². The molecular weight excluding hydrogens is 248 g/mol. The van der Waals surface area contributed by atoms with Crippen LogP contribution in [0.1, 0.15) is 17.3 Å². The van der Waals surface area contributed by atoms with Gasteiger partial charge in [0.15, 0.2) is 17.3 Å². The Labute approximate surface area is 112 Å². The Morgan fingerprint density at radius 1 is 1.11 bits per heavy atom. The summed E-state index contributed by atoms with van der Waals surface area (Å²) >= 11 is 0. The van der Waals surface area contributed by atoms with E-state index in [0.717, 1.165) is 0 Å². The first-order valence-corrected chi connectivity index (χ1v) is 5.80. The maximum absolute atomic E-state index is 11.9. The quantitative estimate of drug-likeness (QED) is 0.431. The van der Waals surface area contributed by atoms with Crippen LogP contribution in [0.3, 0.4) is 0 Å². The molecule has 19 heavy (non-hydrogen) atoms. The van der Waals surface area contributed by atoms with Gasteiger partial charge < -0.3 is 18.9 Å². The van der Waals surface area contributed by atoms with E-state index in [2.05, 4.69) is 0 Å². The van der Waals surface area contributed by atoms with E-state index in [1.165, 1.54) is 33.7 Å². The second-order valence-electron chi connectivity index (χ2n) is 3.54. The summed E-state index contributed by atoms with van der Waals surface area (Å²) in [5.41, 5.74) is 0.436. The molecule has 1 aromatic rings. The highest BCUT2D eigenvalue weighted by Gasteiger charge is 2.15. The fourth-order valence-electron chi connectivity index (χ4n) is 1.53. The number of allylic oxidation sites excluding steroid dienone is 1. The van der Waals surface area contributed by atoms with E-state index in [0.29, 0.717) is 29.4 Å². The predicted molar refractivity (Wildman–Crippen MR) is 71.2 cm³/mol. The average Bonchev–Trinajstić information content (AvgIpc) is 2.45. The number of methoxy groups -OCH3 is 3. The summed E-state index contributed by atoms with van der Waals surface area (Å²) in [4.78, 5) is 11.9. The molecular formula is C14H18O5. The molecule has 0 fully saturated rings. The van der Waals surface area contributed by atoms with Gasteiger partial charge in [0.1, 0.15) is 0 Å². The smallest absolute Gasteiger partial charge is 0.203 e. The van der Waals surface area contributed by atoms with E-state index in [4.69, 9.17) is 18.9 Å².